The third-order valence-electron chi connectivity index (χ3n) is 7.10. The van der Waals surface area contributed by atoms with Crippen molar-refractivity contribution in [3.05, 3.63) is 47.3 Å². The molecule has 2 N–H and O–H groups in total. The van der Waals surface area contributed by atoms with Crippen molar-refractivity contribution in [2.75, 3.05) is 20.2 Å². The van der Waals surface area contributed by atoms with Gasteiger partial charge in [-0.3, -0.25) is 19.1 Å². The van der Waals surface area contributed by atoms with Crippen LogP contribution in [0.4, 0.5) is 0 Å². The van der Waals surface area contributed by atoms with Gasteiger partial charge in [0.2, 0.25) is 5.91 Å². The van der Waals surface area contributed by atoms with Crippen LogP contribution in [0.1, 0.15) is 72.5 Å². The number of hydrogen-bond donors (Lipinski definition) is 2. The third-order valence-corrected chi connectivity index (χ3v) is 7.10. The molecule has 1 fully saturated rings. The summed E-state index contributed by atoms with van der Waals surface area (Å²) in [5.41, 5.74) is 0.488. The summed E-state index contributed by atoms with van der Waals surface area (Å²) in [6.07, 6.45) is 6.01. The second-order valence-corrected chi connectivity index (χ2v) is 9.60. The fraction of sp³-hybridized carbons (Fsp3) is 0.538. The van der Waals surface area contributed by atoms with Crippen LogP contribution >= 0.6 is 0 Å². The van der Waals surface area contributed by atoms with E-state index in [1.165, 1.54) is 22.1 Å². The van der Waals surface area contributed by atoms with Crippen LogP contribution in [0.25, 0.3) is 0 Å². The normalized spacial score (nSPS) is 20.3. The maximum Gasteiger partial charge on any atom is 0.272 e. The Morgan fingerprint density at radius 1 is 1.17 bits per heavy atom. The van der Waals surface area contributed by atoms with E-state index in [9.17, 15) is 14.4 Å². The summed E-state index contributed by atoms with van der Waals surface area (Å²) in [6.45, 7) is 4.94. The molecule has 1 aliphatic heterocycles. The number of fused-ring (bicyclic) bond motifs is 1. The lowest BCUT2D eigenvalue weighted by atomic mass is 9.92. The Morgan fingerprint density at radius 3 is 2.57 bits per heavy atom. The highest BCUT2D eigenvalue weighted by molar-refractivity contribution is 6.01. The number of aromatic nitrogens is 2. The number of benzene rings is 1. The Labute approximate surface area is 206 Å². The molecule has 0 bridgehead atoms. The first kappa shape index (κ1) is 24.8. The quantitative estimate of drug-likeness (QED) is 0.603. The number of ether oxygens (including phenoxy) is 1. The van der Waals surface area contributed by atoms with Gasteiger partial charge in [-0.05, 0) is 50.8 Å². The number of hydrogen-bond acceptors (Lipinski definition) is 5. The molecule has 2 aromatic rings. The summed E-state index contributed by atoms with van der Waals surface area (Å²) in [7, 11) is 1.63. The summed E-state index contributed by atoms with van der Waals surface area (Å²) >= 11 is 0. The molecule has 2 aliphatic rings. The summed E-state index contributed by atoms with van der Waals surface area (Å²) in [4.78, 5) is 40.5. The molecule has 0 spiro atoms. The van der Waals surface area contributed by atoms with Crippen molar-refractivity contribution in [2.24, 2.45) is 0 Å². The fourth-order valence-electron chi connectivity index (χ4n) is 4.76. The number of likely N-dealkylation sites (N-methyl/N-ethyl adjacent to an activating group) is 1. The minimum atomic E-state index is -1.07. The Balaban J connectivity index is 1.38. The predicted molar refractivity (Wildman–Crippen MR) is 131 cm³/mol. The standard InChI is InChI=1S/C26H35N5O4/c1-4-35-20-12-10-18(11-13-20)14-15-27-23(32)21-16-22-24(33)30(3)26(2,17-31(22)29-21)25(34)28-19-8-6-5-7-9-19/h10-13,16,19H,4-9,14-15,17H2,1-3H3,(H,27,32)(H,28,34)/t26-/m0/s1. The molecule has 9 heteroatoms. The van der Waals surface area contributed by atoms with Crippen LogP contribution < -0.4 is 15.4 Å². The van der Waals surface area contributed by atoms with E-state index in [1.807, 2.05) is 31.2 Å². The number of nitrogens with zero attached hydrogens (tertiary/aromatic N) is 3. The summed E-state index contributed by atoms with van der Waals surface area (Å²) in [6, 6.07) is 9.41. The Morgan fingerprint density at radius 2 is 1.89 bits per heavy atom. The van der Waals surface area contributed by atoms with Gasteiger partial charge in [-0.1, -0.05) is 31.4 Å². The van der Waals surface area contributed by atoms with Crippen LogP contribution in [-0.2, 0) is 17.8 Å². The van der Waals surface area contributed by atoms with Crippen molar-refractivity contribution in [1.29, 1.82) is 0 Å². The molecule has 1 aromatic carbocycles. The van der Waals surface area contributed by atoms with E-state index in [1.54, 1.807) is 14.0 Å². The molecule has 4 rings (SSSR count). The summed E-state index contributed by atoms with van der Waals surface area (Å²) < 4.78 is 6.94. The second kappa shape index (κ2) is 10.5. The molecule has 9 nitrogen and oxygen atoms in total. The van der Waals surface area contributed by atoms with E-state index in [2.05, 4.69) is 15.7 Å². The lowest BCUT2D eigenvalue weighted by molar-refractivity contribution is -0.133. The fourth-order valence-corrected chi connectivity index (χ4v) is 4.76. The van der Waals surface area contributed by atoms with Gasteiger partial charge >= 0.3 is 0 Å². The van der Waals surface area contributed by atoms with Gasteiger partial charge in [0.1, 0.15) is 17.0 Å². The number of carbonyl (C=O) groups excluding carboxylic acids is 3. The first-order valence-corrected chi connectivity index (χ1v) is 12.5. The van der Waals surface area contributed by atoms with Gasteiger partial charge in [0.05, 0.1) is 13.2 Å². The van der Waals surface area contributed by atoms with Crippen LogP contribution in [0, 0.1) is 0 Å². The smallest absolute Gasteiger partial charge is 0.272 e. The molecule has 1 aromatic heterocycles. The molecule has 188 valence electrons. The highest BCUT2D eigenvalue weighted by Gasteiger charge is 2.46. The number of nitrogens with one attached hydrogen (secondary N) is 2. The highest BCUT2D eigenvalue weighted by Crippen LogP contribution is 2.27. The maximum atomic E-state index is 13.2. The molecule has 1 aliphatic carbocycles. The second-order valence-electron chi connectivity index (χ2n) is 9.60. The van der Waals surface area contributed by atoms with Crippen molar-refractivity contribution < 1.29 is 19.1 Å². The molecular weight excluding hydrogens is 446 g/mol. The van der Waals surface area contributed by atoms with Crippen molar-refractivity contribution in [3.63, 3.8) is 0 Å². The van der Waals surface area contributed by atoms with E-state index in [4.69, 9.17) is 4.74 Å². The first-order valence-electron chi connectivity index (χ1n) is 12.5. The van der Waals surface area contributed by atoms with E-state index >= 15 is 0 Å². The van der Waals surface area contributed by atoms with Crippen LogP contribution in [0.15, 0.2) is 30.3 Å². The lowest BCUT2D eigenvalue weighted by Crippen LogP contribution is -2.63. The van der Waals surface area contributed by atoms with E-state index in [0.29, 0.717) is 25.3 Å². The summed E-state index contributed by atoms with van der Waals surface area (Å²) in [5.74, 6) is -0.0270. The van der Waals surface area contributed by atoms with Gasteiger partial charge in [0.15, 0.2) is 5.69 Å². The minimum absolute atomic E-state index is 0.146. The highest BCUT2D eigenvalue weighted by atomic mass is 16.5. The van der Waals surface area contributed by atoms with Crippen LogP contribution in [-0.4, -0.2) is 64.2 Å². The van der Waals surface area contributed by atoms with Crippen molar-refractivity contribution >= 4 is 17.7 Å². The van der Waals surface area contributed by atoms with Gasteiger partial charge in [-0.15, -0.1) is 0 Å². The Hall–Kier alpha value is -3.36. The van der Waals surface area contributed by atoms with Crippen LogP contribution in [0.5, 0.6) is 5.75 Å². The van der Waals surface area contributed by atoms with Gasteiger partial charge in [0.25, 0.3) is 11.8 Å². The first-order chi connectivity index (χ1) is 16.8. The zero-order chi connectivity index (χ0) is 25.0. The third kappa shape index (κ3) is 5.33. The molecule has 2 heterocycles. The van der Waals surface area contributed by atoms with E-state index in [0.717, 1.165) is 37.0 Å². The Bertz CT molecular complexity index is 1070. The van der Waals surface area contributed by atoms with Crippen LogP contribution in [0.2, 0.25) is 0 Å². The van der Waals surface area contributed by atoms with E-state index < -0.39 is 5.54 Å². The molecule has 3 amide bonds. The zero-order valence-electron chi connectivity index (χ0n) is 20.8. The Kier molecular flexibility index (Phi) is 7.42. The molecule has 0 unspecified atom stereocenters. The van der Waals surface area contributed by atoms with Gasteiger partial charge < -0.3 is 20.3 Å². The predicted octanol–water partition coefficient (Wildman–Crippen LogP) is 2.55. The molecule has 35 heavy (non-hydrogen) atoms. The monoisotopic (exact) mass is 481 g/mol. The number of carbonyl (C=O) groups is 3. The number of amides is 3. The minimum Gasteiger partial charge on any atom is -0.494 e. The molecule has 0 saturated heterocycles. The molecular formula is C26H35N5O4. The van der Waals surface area contributed by atoms with Gasteiger partial charge in [-0.2, -0.15) is 5.10 Å². The van der Waals surface area contributed by atoms with Gasteiger partial charge in [-0.25, -0.2) is 0 Å². The van der Waals surface area contributed by atoms with Gasteiger partial charge in [0, 0.05) is 25.7 Å². The lowest BCUT2D eigenvalue weighted by Gasteiger charge is -2.41. The topological polar surface area (TPSA) is 106 Å². The maximum absolute atomic E-state index is 13.2. The average Bonchev–Trinajstić information content (AvgIpc) is 3.28. The van der Waals surface area contributed by atoms with Crippen LogP contribution in [0.3, 0.4) is 0 Å². The van der Waals surface area contributed by atoms with E-state index in [-0.39, 0.29) is 36.0 Å². The summed E-state index contributed by atoms with van der Waals surface area (Å²) in [5, 5.41) is 10.4. The number of rotatable bonds is 8. The largest absolute Gasteiger partial charge is 0.494 e. The average molecular weight is 482 g/mol. The molecule has 1 atom stereocenters. The molecule has 0 radical (unpaired) electrons. The van der Waals surface area contributed by atoms with Crippen molar-refractivity contribution in [2.45, 2.75) is 70.5 Å². The van der Waals surface area contributed by atoms with Crippen molar-refractivity contribution in [1.82, 2.24) is 25.3 Å². The molecule has 1 saturated carbocycles. The SMILES string of the molecule is CCOc1ccc(CCNC(=O)c2cc3n(n2)C[C@@](C)(C(=O)NC2CCCCC2)N(C)C3=O)cc1. The zero-order valence-corrected chi connectivity index (χ0v) is 20.8. The van der Waals surface area contributed by atoms with Crippen molar-refractivity contribution in [3.8, 4) is 5.75 Å².